The molecule has 0 bridgehead atoms. The fourth-order valence-corrected chi connectivity index (χ4v) is 0.787. The van der Waals surface area contributed by atoms with Crippen molar-refractivity contribution in [3.63, 3.8) is 0 Å². The summed E-state index contributed by atoms with van der Waals surface area (Å²) in [7, 11) is 1.97. The van der Waals surface area contributed by atoms with Gasteiger partial charge < -0.3 is 14.4 Å². The molecule has 0 fully saturated rings. The smallest absolute Gasteiger partial charge is 0.160 e. The van der Waals surface area contributed by atoms with E-state index in [1.807, 2.05) is 25.1 Å². The van der Waals surface area contributed by atoms with Gasteiger partial charge in [-0.3, -0.25) is 0 Å². The number of ether oxygens (including phenoxy) is 2. The molecule has 0 N–H and O–H groups in total. The van der Waals surface area contributed by atoms with Crippen molar-refractivity contribution in [1.29, 1.82) is 0 Å². The Morgan fingerprint density at radius 1 is 1.80 bits per heavy atom. The van der Waals surface area contributed by atoms with Crippen LogP contribution in [-0.2, 0) is 9.47 Å². The highest BCUT2D eigenvalue weighted by Gasteiger charge is 2.07. The van der Waals surface area contributed by atoms with Crippen LogP contribution in [0.4, 0.5) is 0 Å². The molecule has 0 saturated heterocycles. The van der Waals surface area contributed by atoms with Gasteiger partial charge in [0, 0.05) is 19.9 Å². The van der Waals surface area contributed by atoms with E-state index in [-0.39, 0.29) is 0 Å². The van der Waals surface area contributed by atoms with Crippen LogP contribution in [0.15, 0.2) is 12.0 Å². The van der Waals surface area contributed by atoms with Gasteiger partial charge in [-0.15, -0.1) is 0 Å². The second-order valence-electron chi connectivity index (χ2n) is 2.26. The first-order valence-corrected chi connectivity index (χ1v) is 3.44. The van der Waals surface area contributed by atoms with Crippen molar-refractivity contribution in [3.8, 4) is 0 Å². The van der Waals surface area contributed by atoms with E-state index in [0.717, 1.165) is 12.4 Å². The van der Waals surface area contributed by atoms with Gasteiger partial charge in [0.25, 0.3) is 0 Å². The lowest BCUT2D eigenvalue weighted by Gasteiger charge is -2.02. The standard InChI is InChI=1S/C7H13NO2/c1-3-9-5-7-4-8(2)6-10-7/h4H,3,5-6H2,1-2H3. The van der Waals surface area contributed by atoms with Gasteiger partial charge in [-0.25, -0.2) is 0 Å². The molecule has 1 aliphatic heterocycles. The fraction of sp³-hybridized carbons (Fsp3) is 0.714. The summed E-state index contributed by atoms with van der Waals surface area (Å²) in [5.74, 6) is 0.921. The van der Waals surface area contributed by atoms with Crippen molar-refractivity contribution >= 4 is 0 Å². The summed E-state index contributed by atoms with van der Waals surface area (Å²) in [6, 6.07) is 0. The number of nitrogens with zero attached hydrogens (tertiary/aromatic N) is 1. The molecule has 0 aromatic carbocycles. The lowest BCUT2D eigenvalue weighted by atomic mass is 10.6. The highest BCUT2D eigenvalue weighted by atomic mass is 16.5. The lowest BCUT2D eigenvalue weighted by molar-refractivity contribution is 0.100. The van der Waals surface area contributed by atoms with E-state index in [9.17, 15) is 0 Å². The summed E-state index contributed by atoms with van der Waals surface area (Å²) in [5.41, 5.74) is 0. The van der Waals surface area contributed by atoms with Crippen LogP contribution < -0.4 is 0 Å². The molecule has 58 valence electrons. The van der Waals surface area contributed by atoms with Gasteiger partial charge in [-0.2, -0.15) is 0 Å². The van der Waals surface area contributed by atoms with Gasteiger partial charge in [0.15, 0.2) is 6.73 Å². The minimum atomic E-state index is 0.598. The monoisotopic (exact) mass is 143 g/mol. The van der Waals surface area contributed by atoms with Crippen LogP contribution in [0.3, 0.4) is 0 Å². The summed E-state index contributed by atoms with van der Waals surface area (Å²) in [6.07, 6.45) is 1.95. The van der Waals surface area contributed by atoms with E-state index in [0.29, 0.717) is 13.3 Å². The van der Waals surface area contributed by atoms with Gasteiger partial charge >= 0.3 is 0 Å². The number of rotatable bonds is 3. The van der Waals surface area contributed by atoms with E-state index in [2.05, 4.69) is 0 Å². The van der Waals surface area contributed by atoms with Crippen LogP contribution in [0.2, 0.25) is 0 Å². The minimum Gasteiger partial charge on any atom is -0.473 e. The molecule has 0 aromatic rings. The molecule has 3 nitrogen and oxygen atoms in total. The topological polar surface area (TPSA) is 21.7 Å². The van der Waals surface area contributed by atoms with Gasteiger partial charge in [0.05, 0.1) is 0 Å². The van der Waals surface area contributed by atoms with E-state index >= 15 is 0 Å². The third-order valence-corrected chi connectivity index (χ3v) is 1.27. The maximum absolute atomic E-state index is 5.23. The average molecular weight is 143 g/mol. The zero-order valence-corrected chi connectivity index (χ0v) is 6.46. The zero-order chi connectivity index (χ0) is 7.40. The predicted molar refractivity (Wildman–Crippen MR) is 38.3 cm³/mol. The zero-order valence-electron chi connectivity index (χ0n) is 6.46. The summed E-state index contributed by atoms with van der Waals surface area (Å²) in [6.45, 7) is 3.97. The van der Waals surface area contributed by atoms with Gasteiger partial charge in [0.1, 0.15) is 12.4 Å². The van der Waals surface area contributed by atoms with Gasteiger partial charge in [0.2, 0.25) is 0 Å². The van der Waals surface area contributed by atoms with Crippen LogP contribution in [0.5, 0.6) is 0 Å². The summed E-state index contributed by atoms with van der Waals surface area (Å²) in [4.78, 5) is 1.98. The molecule has 0 atom stereocenters. The molecule has 0 aliphatic carbocycles. The van der Waals surface area contributed by atoms with E-state index in [1.54, 1.807) is 0 Å². The van der Waals surface area contributed by atoms with E-state index in [4.69, 9.17) is 9.47 Å². The molecule has 0 amide bonds. The van der Waals surface area contributed by atoms with Crippen molar-refractivity contribution in [1.82, 2.24) is 4.90 Å². The first kappa shape index (κ1) is 7.41. The minimum absolute atomic E-state index is 0.598. The Morgan fingerprint density at radius 3 is 3.10 bits per heavy atom. The Balaban J connectivity index is 2.22. The third kappa shape index (κ3) is 1.92. The molecule has 1 rings (SSSR count). The Hall–Kier alpha value is -0.700. The van der Waals surface area contributed by atoms with Crippen molar-refractivity contribution in [3.05, 3.63) is 12.0 Å². The average Bonchev–Trinajstić information content (AvgIpc) is 2.31. The highest BCUT2D eigenvalue weighted by molar-refractivity contribution is 4.95. The number of hydrogen-bond donors (Lipinski definition) is 0. The molecule has 0 radical (unpaired) electrons. The first-order chi connectivity index (χ1) is 4.83. The Bertz CT molecular complexity index is 134. The van der Waals surface area contributed by atoms with E-state index in [1.165, 1.54) is 0 Å². The second-order valence-corrected chi connectivity index (χ2v) is 2.26. The van der Waals surface area contributed by atoms with Crippen molar-refractivity contribution in [2.45, 2.75) is 6.92 Å². The van der Waals surface area contributed by atoms with Crippen LogP contribution >= 0.6 is 0 Å². The molecule has 1 aliphatic rings. The number of hydrogen-bond acceptors (Lipinski definition) is 3. The van der Waals surface area contributed by atoms with Gasteiger partial charge in [-0.1, -0.05) is 0 Å². The molecule has 1 heterocycles. The van der Waals surface area contributed by atoms with Crippen molar-refractivity contribution in [2.24, 2.45) is 0 Å². The normalized spacial score (nSPS) is 17.0. The van der Waals surface area contributed by atoms with Crippen molar-refractivity contribution < 1.29 is 9.47 Å². The first-order valence-electron chi connectivity index (χ1n) is 3.44. The van der Waals surface area contributed by atoms with Crippen LogP contribution in [0.25, 0.3) is 0 Å². The summed E-state index contributed by atoms with van der Waals surface area (Å²) in [5, 5.41) is 0. The predicted octanol–water partition coefficient (Wildman–Crippen LogP) is 0.784. The summed E-state index contributed by atoms with van der Waals surface area (Å²) >= 11 is 0. The molecule has 10 heavy (non-hydrogen) atoms. The quantitative estimate of drug-likeness (QED) is 0.583. The molecule has 0 spiro atoms. The largest absolute Gasteiger partial charge is 0.473 e. The molecule has 0 unspecified atom stereocenters. The SMILES string of the molecule is CCOCC1=CN(C)CO1. The van der Waals surface area contributed by atoms with Gasteiger partial charge in [-0.05, 0) is 6.92 Å². The molecular formula is C7H13NO2. The second kappa shape index (κ2) is 3.46. The maximum atomic E-state index is 5.23. The maximum Gasteiger partial charge on any atom is 0.160 e. The molecule has 0 saturated carbocycles. The van der Waals surface area contributed by atoms with E-state index < -0.39 is 0 Å². The van der Waals surface area contributed by atoms with Crippen LogP contribution in [0.1, 0.15) is 6.92 Å². The van der Waals surface area contributed by atoms with Crippen LogP contribution in [-0.4, -0.2) is 31.9 Å². The molecule has 3 heteroatoms. The summed E-state index contributed by atoms with van der Waals surface area (Å²) < 4.78 is 10.4. The van der Waals surface area contributed by atoms with Crippen LogP contribution in [0, 0.1) is 0 Å². The van der Waals surface area contributed by atoms with Crippen molar-refractivity contribution in [2.75, 3.05) is 27.0 Å². The Kier molecular flexibility index (Phi) is 2.57. The fourth-order valence-electron chi connectivity index (χ4n) is 0.787. The third-order valence-electron chi connectivity index (χ3n) is 1.27. The molecule has 0 aromatic heterocycles. The Labute approximate surface area is 61.2 Å². The Morgan fingerprint density at radius 2 is 2.60 bits per heavy atom. The highest BCUT2D eigenvalue weighted by Crippen LogP contribution is 2.07. The lowest BCUT2D eigenvalue weighted by Crippen LogP contribution is -2.06. The molecular weight excluding hydrogens is 130 g/mol.